The number of likely N-dealkylation sites (tertiary alicyclic amines) is 1. The number of carbonyl (C=O) groups is 2. The van der Waals surface area contributed by atoms with Crippen LogP contribution in [0.3, 0.4) is 0 Å². The number of amides is 1. The van der Waals surface area contributed by atoms with Crippen molar-refractivity contribution in [2.45, 2.75) is 65.5 Å². The number of carbonyl (C=O) groups excluding carboxylic acids is 1. The van der Waals surface area contributed by atoms with Crippen LogP contribution in [0.2, 0.25) is 0 Å². The van der Waals surface area contributed by atoms with Gasteiger partial charge in [-0.25, -0.2) is 0 Å². The first-order valence-corrected chi connectivity index (χ1v) is 8.48. The van der Waals surface area contributed by atoms with Gasteiger partial charge in [0.25, 0.3) is 5.91 Å². The van der Waals surface area contributed by atoms with Gasteiger partial charge in [-0.05, 0) is 45.6 Å². The topological polar surface area (TPSA) is 75.4 Å². The number of carboxylic acids is 1. The molecule has 23 heavy (non-hydrogen) atoms. The zero-order valence-corrected chi connectivity index (χ0v) is 14.5. The number of aliphatic carboxylic acids is 1. The molecule has 1 N–H and O–H groups in total. The van der Waals surface area contributed by atoms with Crippen molar-refractivity contribution in [3.05, 3.63) is 17.5 Å². The molecule has 0 aliphatic carbocycles. The van der Waals surface area contributed by atoms with Gasteiger partial charge in [-0.1, -0.05) is 13.8 Å². The fourth-order valence-corrected chi connectivity index (χ4v) is 3.33. The van der Waals surface area contributed by atoms with E-state index in [4.69, 9.17) is 0 Å². The highest BCUT2D eigenvalue weighted by molar-refractivity contribution is 5.93. The van der Waals surface area contributed by atoms with Gasteiger partial charge in [0.15, 0.2) is 0 Å². The van der Waals surface area contributed by atoms with Gasteiger partial charge < -0.3 is 10.0 Å². The fraction of sp³-hybridized carbons (Fsp3) is 0.706. The van der Waals surface area contributed by atoms with E-state index in [0.717, 1.165) is 25.0 Å². The maximum atomic E-state index is 13.0. The minimum atomic E-state index is -0.820. The summed E-state index contributed by atoms with van der Waals surface area (Å²) in [5, 5.41) is 13.8. The van der Waals surface area contributed by atoms with Crippen LogP contribution in [0.25, 0.3) is 0 Å². The largest absolute Gasteiger partial charge is 0.481 e. The molecule has 2 atom stereocenters. The first-order valence-electron chi connectivity index (χ1n) is 8.48. The van der Waals surface area contributed by atoms with Gasteiger partial charge >= 0.3 is 5.97 Å². The molecule has 1 aliphatic heterocycles. The SMILES string of the molecule is CCC(CC)n1nc(C)cc1C(=O)N1CC(C(=O)O)CCC1C. The van der Waals surface area contributed by atoms with E-state index in [1.807, 2.05) is 24.6 Å². The van der Waals surface area contributed by atoms with Crippen molar-refractivity contribution in [1.29, 1.82) is 0 Å². The lowest BCUT2D eigenvalue weighted by Crippen LogP contribution is -2.48. The number of hydrogen-bond acceptors (Lipinski definition) is 3. The first kappa shape index (κ1) is 17.5. The van der Waals surface area contributed by atoms with Crippen LogP contribution < -0.4 is 0 Å². The van der Waals surface area contributed by atoms with Crippen molar-refractivity contribution < 1.29 is 14.7 Å². The smallest absolute Gasteiger partial charge is 0.308 e. The van der Waals surface area contributed by atoms with E-state index in [-0.39, 0.29) is 24.5 Å². The lowest BCUT2D eigenvalue weighted by molar-refractivity contribution is -0.143. The van der Waals surface area contributed by atoms with Crippen LogP contribution in [-0.4, -0.2) is 44.3 Å². The maximum absolute atomic E-state index is 13.0. The van der Waals surface area contributed by atoms with Crippen molar-refractivity contribution in [3.63, 3.8) is 0 Å². The van der Waals surface area contributed by atoms with E-state index in [2.05, 4.69) is 18.9 Å². The maximum Gasteiger partial charge on any atom is 0.308 e. The molecule has 0 aromatic carbocycles. The molecule has 0 saturated carbocycles. The quantitative estimate of drug-likeness (QED) is 0.905. The van der Waals surface area contributed by atoms with Crippen LogP contribution in [0.1, 0.15) is 68.7 Å². The molecular formula is C17H27N3O3. The van der Waals surface area contributed by atoms with Crippen LogP contribution in [0.4, 0.5) is 0 Å². The second-order valence-electron chi connectivity index (χ2n) is 6.50. The Labute approximate surface area is 137 Å². The molecule has 2 rings (SSSR count). The highest BCUT2D eigenvalue weighted by Gasteiger charge is 2.34. The Balaban J connectivity index is 2.30. The summed E-state index contributed by atoms with van der Waals surface area (Å²) in [5.41, 5.74) is 1.40. The number of aryl methyl sites for hydroxylation is 1. The predicted octanol–water partition coefficient (Wildman–Crippen LogP) is 2.88. The van der Waals surface area contributed by atoms with Crippen LogP contribution in [0.15, 0.2) is 6.07 Å². The molecule has 1 amide bonds. The number of rotatable bonds is 5. The lowest BCUT2D eigenvalue weighted by Gasteiger charge is -2.36. The van der Waals surface area contributed by atoms with Gasteiger partial charge in [-0.15, -0.1) is 0 Å². The molecule has 2 unspecified atom stereocenters. The second kappa shape index (κ2) is 7.15. The number of carboxylic acid groups (broad SMARTS) is 1. The van der Waals surface area contributed by atoms with E-state index < -0.39 is 11.9 Å². The molecule has 2 heterocycles. The average molecular weight is 321 g/mol. The average Bonchev–Trinajstić information content (AvgIpc) is 2.90. The van der Waals surface area contributed by atoms with Gasteiger partial charge in [0, 0.05) is 12.6 Å². The minimum Gasteiger partial charge on any atom is -0.481 e. The van der Waals surface area contributed by atoms with Crippen LogP contribution >= 0.6 is 0 Å². The first-order chi connectivity index (χ1) is 10.9. The van der Waals surface area contributed by atoms with E-state index in [1.54, 1.807) is 4.90 Å². The fourth-order valence-electron chi connectivity index (χ4n) is 3.33. The lowest BCUT2D eigenvalue weighted by atomic mass is 9.93. The Morgan fingerprint density at radius 2 is 2.00 bits per heavy atom. The molecule has 1 aromatic heterocycles. The molecule has 128 valence electrons. The number of hydrogen-bond donors (Lipinski definition) is 1. The zero-order valence-electron chi connectivity index (χ0n) is 14.5. The number of aromatic nitrogens is 2. The predicted molar refractivity (Wildman–Crippen MR) is 87.4 cm³/mol. The Morgan fingerprint density at radius 3 is 2.57 bits per heavy atom. The molecule has 1 aromatic rings. The number of nitrogens with zero attached hydrogens (tertiary/aromatic N) is 3. The summed E-state index contributed by atoms with van der Waals surface area (Å²) in [6.45, 7) is 8.32. The second-order valence-corrected chi connectivity index (χ2v) is 6.50. The Hall–Kier alpha value is -1.85. The van der Waals surface area contributed by atoms with Crippen molar-refractivity contribution >= 4 is 11.9 Å². The molecule has 6 heteroatoms. The van der Waals surface area contributed by atoms with Gasteiger partial charge in [-0.3, -0.25) is 14.3 Å². The van der Waals surface area contributed by atoms with Crippen LogP contribution in [0, 0.1) is 12.8 Å². The van der Waals surface area contributed by atoms with Gasteiger partial charge in [0.2, 0.25) is 0 Å². The molecule has 1 aliphatic rings. The van der Waals surface area contributed by atoms with Crippen LogP contribution in [0.5, 0.6) is 0 Å². The summed E-state index contributed by atoms with van der Waals surface area (Å²) in [4.78, 5) is 26.0. The summed E-state index contributed by atoms with van der Waals surface area (Å²) < 4.78 is 1.83. The molecule has 6 nitrogen and oxygen atoms in total. The summed E-state index contributed by atoms with van der Waals surface area (Å²) in [5.74, 6) is -1.39. The molecule has 0 bridgehead atoms. The van der Waals surface area contributed by atoms with Gasteiger partial charge in [0.05, 0.1) is 17.7 Å². The van der Waals surface area contributed by atoms with Crippen molar-refractivity contribution in [3.8, 4) is 0 Å². The molecule has 0 radical (unpaired) electrons. The van der Waals surface area contributed by atoms with E-state index in [1.165, 1.54) is 0 Å². The highest BCUT2D eigenvalue weighted by atomic mass is 16.4. The number of piperidine rings is 1. The van der Waals surface area contributed by atoms with Crippen molar-refractivity contribution in [2.75, 3.05) is 6.54 Å². The standard InChI is InChI=1S/C17H27N3O3/c1-5-14(6-2)20-15(9-11(3)18-20)16(21)19-10-13(17(22)23)8-7-12(19)4/h9,12-14H,5-8,10H2,1-4H3,(H,22,23). The van der Waals surface area contributed by atoms with E-state index in [9.17, 15) is 14.7 Å². The summed E-state index contributed by atoms with van der Waals surface area (Å²) in [6, 6.07) is 2.07. The van der Waals surface area contributed by atoms with Crippen molar-refractivity contribution in [2.24, 2.45) is 5.92 Å². The highest BCUT2D eigenvalue weighted by Crippen LogP contribution is 2.26. The monoisotopic (exact) mass is 321 g/mol. The Morgan fingerprint density at radius 1 is 1.35 bits per heavy atom. The normalized spacial score (nSPS) is 21.7. The summed E-state index contributed by atoms with van der Waals surface area (Å²) in [7, 11) is 0. The minimum absolute atomic E-state index is 0.0588. The molecule has 0 spiro atoms. The van der Waals surface area contributed by atoms with E-state index >= 15 is 0 Å². The summed E-state index contributed by atoms with van der Waals surface area (Å²) in [6.07, 6.45) is 3.17. The Kier molecular flexibility index (Phi) is 5.44. The molecule has 1 saturated heterocycles. The summed E-state index contributed by atoms with van der Waals surface area (Å²) >= 11 is 0. The Bertz CT molecular complexity index is 578. The van der Waals surface area contributed by atoms with Crippen molar-refractivity contribution in [1.82, 2.24) is 14.7 Å². The van der Waals surface area contributed by atoms with Crippen LogP contribution in [-0.2, 0) is 4.79 Å². The van der Waals surface area contributed by atoms with Gasteiger partial charge in [0.1, 0.15) is 5.69 Å². The third-order valence-corrected chi connectivity index (χ3v) is 4.86. The van der Waals surface area contributed by atoms with E-state index in [0.29, 0.717) is 12.1 Å². The zero-order chi connectivity index (χ0) is 17.1. The molecular weight excluding hydrogens is 294 g/mol. The third kappa shape index (κ3) is 3.57. The van der Waals surface area contributed by atoms with Gasteiger partial charge in [-0.2, -0.15) is 5.10 Å². The molecule has 1 fully saturated rings. The third-order valence-electron chi connectivity index (χ3n) is 4.86.